The van der Waals surface area contributed by atoms with E-state index in [0.717, 1.165) is 0 Å². The Morgan fingerprint density at radius 3 is 2.67 bits per heavy atom. The zero-order valence-electron chi connectivity index (χ0n) is 15.9. The van der Waals surface area contributed by atoms with Gasteiger partial charge >= 0.3 is 6.03 Å². The second-order valence-electron chi connectivity index (χ2n) is 6.74. The van der Waals surface area contributed by atoms with E-state index in [1.54, 1.807) is 35.4 Å². The summed E-state index contributed by atoms with van der Waals surface area (Å²) in [5.74, 6) is -1.52. The van der Waals surface area contributed by atoms with Crippen LogP contribution in [0.4, 0.5) is 19.3 Å². The highest BCUT2D eigenvalue weighted by molar-refractivity contribution is 7.99. The van der Waals surface area contributed by atoms with Gasteiger partial charge in [-0.1, -0.05) is 35.1 Å². The van der Waals surface area contributed by atoms with Gasteiger partial charge in [-0.2, -0.15) is 13.8 Å². The largest absolute Gasteiger partial charge is 0.339 e. The molecule has 3 heterocycles. The van der Waals surface area contributed by atoms with Crippen LogP contribution in [0.2, 0.25) is 0 Å². The van der Waals surface area contributed by atoms with Crippen molar-refractivity contribution in [2.24, 2.45) is 0 Å². The lowest BCUT2D eigenvalue weighted by Crippen LogP contribution is -2.40. The Morgan fingerprint density at radius 1 is 1.17 bits per heavy atom. The molecule has 0 saturated carbocycles. The van der Waals surface area contributed by atoms with Gasteiger partial charge in [-0.15, -0.1) is 0 Å². The fourth-order valence-electron chi connectivity index (χ4n) is 3.29. The zero-order valence-corrected chi connectivity index (χ0v) is 16.7. The molecular formula is C20H19F2N5O2S. The minimum absolute atomic E-state index is 0.0562. The smallest absolute Gasteiger partial charge is 0.321 e. The molecule has 0 aliphatic carbocycles. The topological polar surface area (TPSA) is 84.2 Å². The van der Waals surface area contributed by atoms with Crippen LogP contribution in [0.3, 0.4) is 0 Å². The maximum Gasteiger partial charge on any atom is 0.321 e. The SMILES string of the molecule is O=C(Nc1ccccc1SC(F)F)N1CCC(c2nc(-c3ccccn3)no2)CC1. The number of pyridine rings is 1. The maximum absolute atomic E-state index is 12.7. The highest BCUT2D eigenvalue weighted by Crippen LogP contribution is 2.32. The number of carbonyl (C=O) groups is 1. The molecule has 2 amide bonds. The second kappa shape index (κ2) is 9.21. The zero-order chi connectivity index (χ0) is 20.9. The lowest BCUT2D eigenvalue weighted by molar-refractivity contribution is 0.187. The minimum Gasteiger partial charge on any atom is -0.339 e. The average Bonchev–Trinajstić information content (AvgIpc) is 3.26. The molecular weight excluding hydrogens is 412 g/mol. The predicted octanol–water partition coefficient (Wildman–Crippen LogP) is 4.86. The quantitative estimate of drug-likeness (QED) is 0.581. The number of likely N-dealkylation sites (tertiary alicyclic amines) is 1. The number of hydrogen-bond acceptors (Lipinski definition) is 6. The Balaban J connectivity index is 1.35. The van der Waals surface area contributed by atoms with Gasteiger partial charge in [0.15, 0.2) is 0 Å². The molecule has 1 aliphatic rings. The maximum atomic E-state index is 12.7. The van der Waals surface area contributed by atoms with Crippen molar-refractivity contribution in [1.29, 1.82) is 0 Å². The van der Waals surface area contributed by atoms with Gasteiger partial charge in [0.05, 0.1) is 5.69 Å². The van der Waals surface area contributed by atoms with Gasteiger partial charge in [0, 0.05) is 30.1 Å². The van der Waals surface area contributed by atoms with Crippen LogP contribution in [0, 0.1) is 0 Å². The van der Waals surface area contributed by atoms with Crippen molar-refractivity contribution in [3.8, 4) is 11.5 Å². The van der Waals surface area contributed by atoms with Gasteiger partial charge in [0.25, 0.3) is 5.76 Å². The van der Waals surface area contributed by atoms with Crippen LogP contribution in [-0.4, -0.2) is 44.9 Å². The Labute approximate surface area is 175 Å². The average molecular weight is 431 g/mol. The summed E-state index contributed by atoms with van der Waals surface area (Å²) in [4.78, 5) is 23.3. The Morgan fingerprint density at radius 2 is 1.93 bits per heavy atom. The first-order valence-corrected chi connectivity index (χ1v) is 10.3. The summed E-state index contributed by atoms with van der Waals surface area (Å²) in [5, 5.41) is 6.74. The number of amides is 2. The van der Waals surface area contributed by atoms with Gasteiger partial charge < -0.3 is 14.7 Å². The predicted molar refractivity (Wildman–Crippen MR) is 108 cm³/mol. The van der Waals surface area contributed by atoms with Crippen LogP contribution in [0.5, 0.6) is 0 Å². The number of thioether (sulfide) groups is 1. The standard InChI is InChI=1S/C20H19F2N5O2S/c21-19(22)30-16-7-2-1-5-14(16)24-20(28)27-11-8-13(9-12-27)18-25-17(26-29-18)15-6-3-4-10-23-15/h1-7,10,13,19H,8-9,11-12H2,(H,24,28). The van der Waals surface area contributed by atoms with E-state index in [9.17, 15) is 13.6 Å². The fraction of sp³-hybridized carbons (Fsp3) is 0.300. The molecule has 1 aromatic carbocycles. The molecule has 1 fully saturated rings. The molecule has 1 saturated heterocycles. The van der Waals surface area contributed by atoms with E-state index in [-0.39, 0.29) is 11.9 Å². The van der Waals surface area contributed by atoms with Gasteiger partial charge in [0.2, 0.25) is 11.7 Å². The molecule has 0 spiro atoms. The first-order valence-electron chi connectivity index (χ1n) is 9.45. The van der Waals surface area contributed by atoms with E-state index in [1.807, 2.05) is 18.2 Å². The molecule has 30 heavy (non-hydrogen) atoms. The van der Waals surface area contributed by atoms with Crippen molar-refractivity contribution >= 4 is 23.5 Å². The summed E-state index contributed by atoms with van der Waals surface area (Å²) in [5.41, 5.74) is 1.02. The monoisotopic (exact) mass is 431 g/mol. The molecule has 1 N–H and O–H groups in total. The number of halogens is 2. The number of nitrogens with one attached hydrogen (secondary N) is 1. The van der Waals surface area contributed by atoms with Crippen molar-refractivity contribution in [3.63, 3.8) is 0 Å². The lowest BCUT2D eigenvalue weighted by Gasteiger charge is -2.30. The van der Waals surface area contributed by atoms with Crippen molar-refractivity contribution in [3.05, 3.63) is 54.6 Å². The first-order chi connectivity index (χ1) is 14.6. The molecule has 3 aromatic rings. The van der Waals surface area contributed by atoms with Crippen LogP contribution >= 0.6 is 11.8 Å². The number of piperidine rings is 1. The molecule has 156 valence electrons. The van der Waals surface area contributed by atoms with E-state index in [0.29, 0.717) is 65.7 Å². The highest BCUT2D eigenvalue weighted by atomic mass is 32.2. The van der Waals surface area contributed by atoms with Crippen LogP contribution < -0.4 is 5.32 Å². The number of urea groups is 1. The van der Waals surface area contributed by atoms with Crippen molar-refractivity contribution in [1.82, 2.24) is 20.0 Å². The first kappa shape index (κ1) is 20.3. The number of anilines is 1. The van der Waals surface area contributed by atoms with Crippen LogP contribution in [-0.2, 0) is 0 Å². The third kappa shape index (κ3) is 4.76. The van der Waals surface area contributed by atoms with Gasteiger partial charge in [-0.05, 0) is 37.1 Å². The number of aromatic nitrogens is 3. The van der Waals surface area contributed by atoms with Crippen molar-refractivity contribution < 1.29 is 18.1 Å². The normalized spacial score (nSPS) is 14.8. The number of carbonyl (C=O) groups excluding carboxylic acids is 1. The number of para-hydroxylation sites is 1. The molecule has 2 aromatic heterocycles. The number of nitrogens with zero attached hydrogens (tertiary/aromatic N) is 4. The van der Waals surface area contributed by atoms with Crippen LogP contribution in [0.15, 0.2) is 58.1 Å². The molecule has 10 heteroatoms. The summed E-state index contributed by atoms with van der Waals surface area (Å²) in [7, 11) is 0. The number of benzene rings is 1. The Kier molecular flexibility index (Phi) is 6.22. The van der Waals surface area contributed by atoms with Gasteiger partial charge in [-0.25, -0.2) is 4.79 Å². The third-order valence-electron chi connectivity index (χ3n) is 4.81. The van der Waals surface area contributed by atoms with Crippen LogP contribution in [0.25, 0.3) is 11.5 Å². The molecule has 0 atom stereocenters. The second-order valence-corrected chi connectivity index (χ2v) is 7.77. The highest BCUT2D eigenvalue weighted by Gasteiger charge is 2.28. The fourth-order valence-corrected chi connectivity index (χ4v) is 3.89. The van der Waals surface area contributed by atoms with E-state index in [4.69, 9.17) is 4.52 Å². The summed E-state index contributed by atoms with van der Waals surface area (Å²) in [6.07, 6.45) is 3.01. The van der Waals surface area contributed by atoms with Crippen molar-refractivity contribution in [2.45, 2.75) is 29.4 Å². The number of rotatable bonds is 5. The number of hydrogen-bond donors (Lipinski definition) is 1. The number of alkyl halides is 2. The van der Waals surface area contributed by atoms with E-state index >= 15 is 0 Å². The van der Waals surface area contributed by atoms with Crippen molar-refractivity contribution in [2.75, 3.05) is 18.4 Å². The minimum atomic E-state index is -2.55. The Hall–Kier alpha value is -3.01. The molecule has 7 nitrogen and oxygen atoms in total. The Bertz CT molecular complexity index is 994. The summed E-state index contributed by atoms with van der Waals surface area (Å²) < 4.78 is 30.9. The van der Waals surface area contributed by atoms with Gasteiger partial charge in [-0.3, -0.25) is 4.98 Å². The summed E-state index contributed by atoms with van der Waals surface area (Å²) >= 11 is 0.413. The lowest BCUT2D eigenvalue weighted by atomic mass is 9.97. The molecule has 4 rings (SSSR count). The molecule has 0 unspecified atom stereocenters. The molecule has 1 aliphatic heterocycles. The summed E-state index contributed by atoms with van der Waals surface area (Å²) in [6.45, 7) is 1.00. The molecule has 0 radical (unpaired) electrons. The van der Waals surface area contributed by atoms with E-state index in [1.165, 1.54) is 0 Å². The van der Waals surface area contributed by atoms with Crippen LogP contribution in [0.1, 0.15) is 24.7 Å². The third-order valence-corrected chi connectivity index (χ3v) is 5.60. The summed E-state index contributed by atoms with van der Waals surface area (Å²) in [6, 6.07) is 11.7. The van der Waals surface area contributed by atoms with Gasteiger partial charge in [0.1, 0.15) is 5.69 Å². The molecule has 0 bridgehead atoms. The van der Waals surface area contributed by atoms with E-state index < -0.39 is 5.76 Å². The van der Waals surface area contributed by atoms with E-state index in [2.05, 4.69) is 20.4 Å².